The van der Waals surface area contributed by atoms with Crippen LogP contribution in [-0.4, -0.2) is 93.0 Å². The first-order chi connectivity index (χ1) is 21.2. The SMILES string of the molecule is CSCCC(NC(=O)C(N)Cc1c[nH]c2ccccc12)C(=O)NC(C)C(=O)NC(CC(C)C)C(=O)NC(CCC(=O)O)C(=O)O. The summed E-state index contributed by atoms with van der Waals surface area (Å²) >= 11 is 1.48. The summed E-state index contributed by atoms with van der Waals surface area (Å²) in [6, 6.07) is 1.99. The maximum absolute atomic E-state index is 13.2. The summed E-state index contributed by atoms with van der Waals surface area (Å²) in [4.78, 5) is 77.8. The number of hydrogen-bond donors (Lipinski definition) is 8. The van der Waals surface area contributed by atoms with E-state index in [9.17, 15) is 33.9 Å². The molecule has 1 aromatic carbocycles. The number of carbonyl (C=O) groups excluding carboxylic acids is 4. The molecule has 0 saturated heterocycles. The molecule has 0 aliphatic heterocycles. The number of nitrogens with one attached hydrogen (secondary N) is 5. The smallest absolute Gasteiger partial charge is 0.326 e. The van der Waals surface area contributed by atoms with Crippen LogP contribution >= 0.6 is 11.8 Å². The third-order valence-electron chi connectivity index (χ3n) is 7.05. The summed E-state index contributed by atoms with van der Waals surface area (Å²) in [5.74, 6) is -4.77. The zero-order valence-electron chi connectivity index (χ0n) is 25.9. The highest BCUT2D eigenvalue weighted by atomic mass is 32.2. The number of carboxylic acid groups (broad SMARTS) is 2. The molecule has 5 atom stereocenters. The molecule has 2 rings (SSSR count). The molecular formula is C30H44N6O8S. The van der Waals surface area contributed by atoms with Gasteiger partial charge in [-0.05, 0) is 62.2 Å². The quantitative estimate of drug-likeness (QED) is 0.106. The van der Waals surface area contributed by atoms with Gasteiger partial charge in [0.25, 0.3) is 0 Å². The number of aliphatic carboxylic acids is 2. The van der Waals surface area contributed by atoms with Gasteiger partial charge >= 0.3 is 11.9 Å². The van der Waals surface area contributed by atoms with Crippen LogP contribution in [0.5, 0.6) is 0 Å². The van der Waals surface area contributed by atoms with Crippen molar-refractivity contribution in [3.8, 4) is 0 Å². The number of hydrogen-bond acceptors (Lipinski definition) is 8. The second-order valence-corrected chi connectivity index (χ2v) is 12.3. The molecule has 0 bridgehead atoms. The molecule has 0 spiro atoms. The number of aromatic nitrogens is 1. The number of carboxylic acids is 2. The highest BCUT2D eigenvalue weighted by molar-refractivity contribution is 7.98. The number of carbonyl (C=O) groups is 6. The highest BCUT2D eigenvalue weighted by Crippen LogP contribution is 2.19. The predicted octanol–water partition coefficient (Wildman–Crippen LogP) is 0.745. The van der Waals surface area contributed by atoms with Crippen molar-refractivity contribution in [3.63, 3.8) is 0 Å². The second kappa shape index (κ2) is 18.0. The van der Waals surface area contributed by atoms with Crippen LogP contribution in [0.15, 0.2) is 30.5 Å². The molecule has 15 heteroatoms. The fraction of sp³-hybridized carbons (Fsp3) is 0.533. The summed E-state index contributed by atoms with van der Waals surface area (Å²) in [5.41, 5.74) is 7.98. The van der Waals surface area contributed by atoms with Gasteiger partial charge in [-0.15, -0.1) is 0 Å². The minimum Gasteiger partial charge on any atom is -0.481 e. The molecule has 4 amide bonds. The molecule has 45 heavy (non-hydrogen) atoms. The molecule has 0 saturated carbocycles. The summed E-state index contributed by atoms with van der Waals surface area (Å²) < 4.78 is 0. The first-order valence-corrected chi connectivity index (χ1v) is 16.1. The van der Waals surface area contributed by atoms with E-state index in [0.717, 1.165) is 16.5 Å². The average Bonchev–Trinajstić information content (AvgIpc) is 3.38. The number of amides is 4. The molecule has 0 aliphatic carbocycles. The molecule has 1 aromatic heterocycles. The van der Waals surface area contributed by atoms with Gasteiger partial charge in [0.1, 0.15) is 24.2 Å². The van der Waals surface area contributed by atoms with Crippen LogP contribution < -0.4 is 27.0 Å². The summed E-state index contributed by atoms with van der Waals surface area (Å²) in [5, 5.41) is 29.4. The van der Waals surface area contributed by atoms with Crippen molar-refractivity contribution >= 4 is 58.2 Å². The first-order valence-electron chi connectivity index (χ1n) is 14.7. The maximum Gasteiger partial charge on any atom is 0.326 e. The fourth-order valence-electron chi connectivity index (χ4n) is 4.59. The van der Waals surface area contributed by atoms with Gasteiger partial charge in [-0.2, -0.15) is 11.8 Å². The van der Waals surface area contributed by atoms with E-state index in [1.165, 1.54) is 18.7 Å². The Bertz CT molecular complexity index is 1350. The Kier molecular flexibility index (Phi) is 14.8. The summed E-state index contributed by atoms with van der Waals surface area (Å²) in [7, 11) is 0. The van der Waals surface area contributed by atoms with Crippen LogP contribution in [0.1, 0.15) is 52.0 Å². The van der Waals surface area contributed by atoms with Gasteiger partial charge in [-0.1, -0.05) is 32.0 Å². The Morgan fingerprint density at radius 2 is 1.47 bits per heavy atom. The lowest BCUT2D eigenvalue weighted by molar-refractivity contribution is -0.143. The van der Waals surface area contributed by atoms with Crippen LogP contribution in [0.25, 0.3) is 10.9 Å². The topological polar surface area (TPSA) is 233 Å². The number of nitrogens with two attached hydrogens (primary N) is 1. The van der Waals surface area contributed by atoms with Gasteiger partial charge < -0.3 is 42.2 Å². The average molecular weight is 649 g/mol. The third-order valence-corrected chi connectivity index (χ3v) is 7.69. The van der Waals surface area contributed by atoms with Crippen LogP contribution in [-0.2, 0) is 35.2 Å². The Morgan fingerprint density at radius 3 is 2.09 bits per heavy atom. The van der Waals surface area contributed by atoms with Crippen molar-refractivity contribution in [1.29, 1.82) is 0 Å². The molecule has 0 radical (unpaired) electrons. The molecule has 5 unspecified atom stereocenters. The van der Waals surface area contributed by atoms with Gasteiger partial charge in [-0.3, -0.25) is 24.0 Å². The van der Waals surface area contributed by atoms with Crippen LogP contribution in [0, 0.1) is 5.92 Å². The third kappa shape index (κ3) is 12.1. The normalized spacial score (nSPS) is 14.5. The Morgan fingerprint density at radius 1 is 0.844 bits per heavy atom. The molecule has 9 N–H and O–H groups in total. The van der Waals surface area contributed by atoms with E-state index in [-0.39, 0.29) is 31.6 Å². The summed E-state index contributed by atoms with van der Waals surface area (Å²) in [6.07, 6.45) is 3.52. The van der Waals surface area contributed by atoms with Crippen molar-refractivity contribution in [2.45, 2.75) is 83.1 Å². The minimum absolute atomic E-state index is 0.0761. The highest BCUT2D eigenvalue weighted by Gasteiger charge is 2.31. The van der Waals surface area contributed by atoms with E-state index in [4.69, 9.17) is 10.8 Å². The minimum atomic E-state index is -1.46. The monoisotopic (exact) mass is 648 g/mol. The number of aromatic amines is 1. The van der Waals surface area contributed by atoms with Gasteiger partial charge in [0.2, 0.25) is 23.6 Å². The first kappa shape index (κ1) is 37.1. The van der Waals surface area contributed by atoms with Crippen molar-refractivity contribution in [3.05, 3.63) is 36.0 Å². The molecule has 0 fully saturated rings. The maximum atomic E-state index is 13.2. The Hall–Kier alpha value is -4.11. The molecule has 0 aliphatic rings. The summed E-state index contributed by atoms with van der Waals surface area (Å²) in [6.45, 7) is 5.03. The number of rotatable bonds is 19. The lowest BCUT2D eigenvalue weighted by Crippen LogP contribution is -2.58. The zero-order valence-corrected chi connectivity index (χ0v) is 26.7. The Labute approximate surface area is 266 Å². The molecular weight excluding hydrogens is 604 g/mol. The molecule has 248 valence electrons. The van der Waals surface area contributed by atoms with Gasteiger partial charge in [0.15, 0.2) is 0 Å². The number of para-hydroxylation sites is 1. The zero-order chi connectivity index (χ0) is 33.7. The fourth-order valence-corrected chi connectivity index (χ4v) is 5.06. The van der Waals surface area contributed by atoms with E-state index in [2.05, 4.69) is 26.3 Å². The van der Waals surface area contributed by atoms with Gasteiger partial charge in [-0.25, -0.2) is 4.79 Å². The van der Waals surface area contributed by atoms with Crippen LogP contribution in [0.3, 0.4) is 0 Å². The lowest BCUT2D eigenvalue weighted by atomic mass is 10.0. The standard InChI is InChI=1S/C30H44N6O8S/c1-16(2)13-24(29(42)35-23(30(43)44)9-10-25(37)38)36-26(39)17(3)33-28(41)22(11-12-45-4)34-27(40)20(31)14-18-15-32-21-8-6-5-7-19(18)21/h5-8,15-17,20,22-24,32H,9-14,31H2,1-4H3,(H,33,41)(H,34,40)(H,35,42)(H,36,39)(H,37,38)(H,43,44). The van der Waals surface area contributed by atoms with Gasteiger partial charge in [0.05, 0.1) is 6.04 Å². The van der Waals surface area contributed by atoms with Crippen LogP contribution in [0.4, 0.5) is 0 Å². The molecule has 1 heterocycles. The van der Waals surface area contributed by atoms with Crippen molar-refractivity contribution in [2.24, 2.45) is 11.7 Å². The van der Waals surface area contributed by atoms with Crippen molar-refractivity contribution in [2.75, 3.05) is 12.0 Å². The van der Waals surface area contributed by atoms with Crippen LogP contribution in [0.2, 0.25) is 0 Å². The number of fused-ring (bicyclic) bond motifs is 1. The van der Waals surface area contributed by atoms with E-state index in [1.807, 2.05) is 30.5 Å². The van der Waals surface area contributed by atoms with E-state index >= 15 is 0 Å². The predicted molar refractivity (Wildman–Crippen MR) is 170 cm³/mol. The molecule has 14 nitrogen and oxygen atoms in total. The van der Waals surface area contributed by atoms with Gasteiger partial charge in [0, 0.05) is 23.5 Å². The second-order valence-electron chi connectivity index (χ2n) is 11.3. The molecule has 2 aromatic rings. The lowest BCUT2D eigenvalue weighted by Gasteiger charge is -2.25. The van der Waals surface area contributed by atoms with E-state index in [1.54, 1.807) is 20.0 Å². The Balaban J connectivity index is 2.04. The largest absolute Gasteiger partial charge is 0.481 e. The van der Waals surface area contributed by atoms with E-state index in [0.29, 0.717) is 5.75 Å². The number of H-pyrrole nitrogens is 1. The van der Waals surface area contributed by atoms with Crippen molar-refractivity contribution < 1.29 is 39.0 Å². The number of thioether (sulfide) groups is 1. The van der Waals surface area contributed by atoms with Crippen molar-refractivity contribution in [1.82, 2.24) is 26.3 Å². The van der Waals surface area contributed by atoms with E-state index < -0.39 is 72.2 Å². The number of benzene rings is 1.